The molecule has 180 valence electrons. The van der Waals surface area contributed by atoms with E-state index in [1.54, 1.807) is 23.6 Å². The van der Waals surface area contributed by atoms with Gasteiger partial charge in [-0.3, -0.25) is 0 Å². The van der Waals surface area contributed by atoms with Crippen LogP contribution in [0.3, 0.4) is 0 Å². The second-order valence-corrected chi connectivity index (χ2v) is 10.0. The molecule has 0 bridgehead atoms. The summed E-state index contributed by atoms with van der Waals surface area (Å²) in [5.74, 6) is 3.12. The number of ether oxygens (including phenoxy) is 1. The van der Waals surface area contributed by atoms with Crippen LogP contribution in [0.1, 0.15) is 0 Å². The lowest BCUT2D eigenvalue weighted by Gasteiger charge is -2.33. The average molecular weight is 489 g/mol. The number of morpholine rings is 1. The Morgan fingerprint density at radius 1 is 0.886 bits per heavy atom. The fourth-order valence-electron chi connectivity index (χ4n) is 4.49. The largest absolute Gasteiger partial charge is 0.384 e. The van der Waals surface area contributed by atoms with Crippen LogP contribution in [-0.4, -0.2) is 84.4 Å². The number of piperazine rings is 1. The molecule has 0 aliphatic carbocycles. The van der Waals surface area contributed by atoms with Crippen LogP contribution in [0.5, 0.6) is 0 Å². The summed E-state index contributed by atoms with van der Waals surface area (Å²) in [4.78, 5) is 27.0. The van der Waals surface area contributed by atoms with Crippen molar-refractivity contribution in [1.29, 1.82) is 0 Å². The van der Waals surface area contributed by atoms with E-state index in [2.05, 4.69) is 49.9 Å². The van der Waals surface area contributed by atoms with E-state index < -0.39 is 0 Å². The average Bonchev–Trinajstić information content (AvgIpc) is 3.34. The Bertz CT molecular complexity index is 1330. The third-order valence-corrected chi connectivity index (χ3v) is 7.74. The first-order valence-electron chi connectivity index (χ1n) is 11.9. The van der Waals surface area contributed by atoms with Gasteiger partial charge in [0, 0.05) is 62.1 Å². The Labute approximate surface area is 208 Å². The summed E-state index contributed by atoms with van der Waals surface area (Å²) in [6, 6.07) is 10.2. The lowest BCUT2D eigenvalue weighted by atomic mass is 10.2. The molecule has 0 radical (unpaired) electrons. The fourth-order valence-corrected chi connectivity index (χ4v) is 5.60. The molecule has 2 aliphatic rings. The number of likely N-dealkylation sites (N-methyl/N-ethyl adjacent to an activating group) is 1. The SMILES string of the molecule is CN1CCN(c2cc(-c3cc4nc(-c5ccc(N)nc5)nc(N5CCOCC5)c4s3)ccn2)CC1. The molecule has 0 amide bonds. The molecule has 10 heteroatoms. The van der Waals surface area contributed by atoms with Crippen LogP contribution >= 0.6 is 11.3 Å². The van der Waals surface area contributed by atoms with E-state index in [1.807, 2.05) is 12.3 Å². The maximum absolute atomic E-state index is 5.80. The molecule has 2 aliphatic heterocycles. The zero-order chi connectivity index (χ0) is 23.8. The summed E-state index contributed by atoms with van der Waals surface area (Å²) in [6.07, 6.45) is 3.64. The van der Waals surface area contributed by atoms with Crippen LogP contribution in [0.4, 0.5) is 17.5 Å². The summed E-state index contributed by atoms with van der Waals surface area (Å²) < 4.78 is 6.68. The molecular formula is C25H28N8OS. The molecule has 0 atom stereocenters. The molecule has 0 saturated carbocycles. The summed E-state index contributed by atoms with van der Waals surface area (Å²) in [5, 5.41) is 0. The van der Waals surface area contributed by atoms with E-state index in [4.69, 9.17) is 20.4 Å². The van der Waals surface area contributed by atoms with Gasteiger partial charge in [0.2, 0.25) is 0 Å². The van der Waals surface area contributed by atoms with Crippen LogP contribution in [0.15, 0.2) is 42.7 Å². The zero-order valence-electron chi connectivity index (χ0n) is 19.7. The smallest absolute Gasteiger partial charge is 0.163 e. The highest BCUT2D eigenvalue weighted by atomic mass is 32.1. The van der Waals surface area contributed by atoms with Gasteiger partial charge in [-0.1, -0.05) is 0 Å². The molecule has 2 fully saturated rings. The van der Waals surface area contributed by atoms with Crippen molar-refractivity contribution >= 4 is 39.0 Å². The lowest BCUT2D eigenvalue weighted by Crippen LogP contribution is -2.44. The fraction of sp³-hybridized carbons (Fsp3) is 0.360. The summed E-state index contributed by atoms with van der Waals surface area (Å²) >= 11 is 1.74. The molecule has 0 aromatic carbocycles. The minimum atomic E-state index is 0.481. The number of pyridine rings is 2. The maximum atomic E-state index is 5.80. The van der Waals surface area contributed by atoms with E-state index >= 15 is 0 Å². The van der Waals surface area contributed by atoms with Gasteiger partial charge < -0.3 is 25.2 Å². The Morgan fingerprint density at radius 3 is 2.49 bits per heavy atom. The van der Waals surface area contributed by atoms with Crippen molar-refractivity contribution in [3.05, 3.63) is 42.7 Å². The minimum Gasteiger partial charge on any atom is -0.384 e. The van der Waals surface area contributed by atoms with E-state index in [0.717, 1.165) is 77.1 Å². The standard InChI is InChI=1S/C25H28N8OS/c1-31-6-8-32(9-7-31)22-14-17(4-5-27-22)20-15-19-23(35-20)25(33-10-12-34-13-11-33)30-24(29-19)18-2-3-21(26)28-16-18/h2-5,14-16H,6-13H2,1H3,(H2,26,28). The van der Waals surface area contributed by atoms with Crippen LogP contribution in [0, 0.1) is 0 Å². The quantitative estimate of drug-likeness (QED) is 0.465. The molecule has 2 saturated heterocycles. The first-order valence-corrected chi connectivity index (χ1v) is 12.7. The van der Waals surface area contributed by atoms with E-state index in [-0.39, 0.29) is 0 Å². The van der Waals surface area contributed by atoms with Gasteiger partial charge in [0.1, 0.15) is 11.6 Å². The monoisotopic (exact) mass is 488 g/mol. The zero-order valence-corrected chi connectivity index (χ0v) is 20.5. The molecule has 2 N–H and O–H groups in total. The van der Waals surface area contributed by atoms with Gasteiger partial charge in [-0.25, -0.2) is 19.9 Å². The number of aromatic nitrogens is 4. The van der Waals surface area contributed by atoms with Gasteiger partial charge in [0.15, 0.2) is 11.6 Å². The highest BCUT2D eigenvalue weighted by Crippen LogP contribution is 2.39. The molecule has 9 nitrogen and oxygen atoms in total. The number of hydrogen-bond donors (Lipinski definition) is 1. The van der Waals surface area contributed by atoms with Crippen LogP contribution in [0.2, 0.25) is 0 Å². The Kier molecular flexibility index (Phi) is 5.93. The van der Waals surface area contributed by atoms with Gasteiger partial charge in [0.25, 0.3) is 0 Å². The normalized spacial score (nSPS) is 17.3. The van der Waals surface area contributed by atoms with Crippen LogP contribution < -0.4 is 15.5 Å². The van der Waals surface area contributed by atoms with E-state index in [9.17, 15) is 0 Å². The highest BCUT2D eigenvalue weighted by molar-refractivity contribution is 7.22. The molecule has 0 unspecified atom stereocenters. The van der Waals surface area contributed by atoms with Gasteiger partial charge >= 0.3 is 0 Å². The molecule has 6 heterocycles. The molecule has 4 aromatic heterocycles. The number of nitrogens with two attached hydrogens (primary N) is 1. The molecule has 6 rings (SSSR count). The maximum Gasteiger partial charge on any atom is 0.163 e. The minimum absolute atomic E-state index is 0.481. The van der Waals surface area contributed by atoms with Crippen LogP contribution in [0.25, 0.3) is 32.0 Å². The van der Waals surface area contributed by atoms with Crippen molar-refractivity contribution < 1.29 is 4.74 Å². The number of rotatable bonds is 4. The molecular weight excluding hydrogens is 460 g/mol. The van der Waals surface area contributed by atoms with Crippen molar-refractivity contribution in [2.75, 3.05) is 75.1 Å². The Hall–Kier alpha value is -3.34. The second kappa shape index (κ2) is 9.37. The van der Waals surface area contributed by atoms with E-state index in [0.29, 0.717) is 24.9 Å². The Balaban J connectivity index is 1.41. The lowest BCUT2D eigenvalue weighted by molar-refractivity contribution is 0.122. The number of hydrogen-bond acceptors (Lipinski definition) is 10. The van der Waals surface area contributed by atoms with Gasteiger partial charge in [-0.15, -0.1) is 11.3 Å². The number of thiophene rings is 1. The predicted octanol–water partition coefficient (Wildman–Crippen LogP) is 2.99. The third-order valence-electron chi connectivity index (χ3n) is 6.57. The van der Waals surface area contributed by atoms with Gasteiger partial charge in [-0.05, 0) is 42.9 Å². The molecule has 35 heavy (non-hydrogen) atoms. The number of nitrogen functional groups attached to an aromatic ring is 1. The highest BCUT2D eigenvalue weighted by Gasteiger charge is 2.21. The van der Waals surface area contributed by atoms with Crippen molar-refractivity contribution in [3.63, 3.8) is 0 Å². The molecule has 4 aromatic rings. The van der Waals surface area contributed by atoms with Crippen molar-refractivity contribution in [1.82, 2.24) is 24.8 Å². The first kappa shape index (κ1) is 22.1. The van der Waals surface area contributed by atoms with Crippen molar-refractivity contribution in [2.24, 2.45) is 0 Å². The van der Waals surface area contributed by atoms with Crippen molar-refractivity contribution in [2.45, 2.75) is 0 Å². The van der Waals surface area contributed by atoms with Gasteiger partial charge in [0.05, 0.1) is 23.4 Å². The summed E-state index contributed by atoms with van der Waals surface area (Å²) in [6.45, 7) is 7.09. The number of fused-ring (bicyclic) bond motifs is 1. The number of nitrogens with zero attached hydrogens (tertiary/aromatic N) is 7. The summed E-state index contributed by atoms with van der Waals surface area (Å²) in [5.41, 5.74) is 8.74. The predicted molar refractivity (Wildman–Crippen MR) is 141 cm³/mol. The third kappa shape index (κ3) is 4.52. The van der Waals surface area contributed by atoms with Crippen LogP contribution in [-0.2, 0) is 4.74 Å². The Morgan fingerprint density at radius 2 is 1.71 bits per heavy atom. The van der Waals surface area contributed by atoms with Gasteiger partial charge in [-0.2, -0.15) is 0 Å². The van der Waals surface area contributed by atoms with Crippen molar-refractivity contribution in [3.8, 4) is 21.8 Å². The van der Waals surface area contributed by atoms with E-state index in [1.165, 1.54) is 0 Å². The topological polar surface area (TPSA) is 96.5 Å². The molecule has 0 spiro atoms. The summed E-state index contributed by atoms with van der Waals surface area (Å²) in [7, 11) is 2.17. The first-order chi connectivity index (χ1) is 17.1. The second-order valence-electron chi connectivity index (χ2n) is 8.96. The number of anilines is 3.